The van der Waals surface area contributed by atoms with Crippen LogP contribution in [0.2, 0.25) is 5.02 Å². The third-order valence-electron chi connectivity index (χ3n) is 4.56. The summed E-state index contributed by atoms with van der Waals surface area (Å²) in [7, 11) is 0. The second-order valence-electron chi connectivity index (χ2n) is 7.55. The summed E-state index contributed by atoms with van der Waals surface area (Å²) in [5.41, 5.74) is 1.98. The maximum atomic E-state index is 13.1. The van der Waals surface area contributed by atoms with Gasteiger partial charge >= 0.3 is 0 Å². The number of hydrogen-bond donors (Lipinski definition) is 1. The maximum absolute atomic E-state index is 13.1. The first-order chi connectivity index (χ1) is 14.3. The maximum Gasteiger partial charge on any atom is 0.242 e. The van der Waals surface area contributed by atoms with Gasteiger partial charge in [-0.1, -0.05) is 71.7 Å². The quantitative estimate of drug-likeness (QED) is 0.456. The topological polar surface area (TPSA) is 49.4 Å². The summed E-state index contributed by atoms with van der Waals surface area (Å²) in [5.74, 6) is 1.14. The van der Waals surface area contributed by atoms with Crippen LogP contribution in [0.4, 0.5) is 0 Å². The molecule has 1 atom stereocenters. The highest BCUT2D eigenvalue weighted by Gasteiger charge is 2.26. The molecule has 2 amide bonds. The van der Waals surface area contributed by atoms with E-state index in [1.54, 1.807) is 17.9 Å². The highest BCUT2D eigenvalue weighted by atomic mass is 79.9. The molecule has 0 bridgehead atoms. The first-order valence-electron chi connectivity index (χ1n) is 9.90. The molecule has 0 saturated heterocycles. The number of amides is 2. The molecule has 0 aromatic heterocycles. The van der Waals surface area contributed by atoms with Gasteiger partial charge in [0.25, 0.3) is 0 Å². The van der Waals surface area contributed by atoms with E-state index in [1.165, 1.54) is 11.8 Å². The van der Waals surface area contributed by atoms with Gasteiger partial charge in [-0.05, 0) is 42.2 Å². The predicted octanol–water partition coefficient (Wildman–Crippen LogP) is 5.53. The Kier molecular flexibility index (Phi) is 10.2. The summed E-state index contributed by atoms with van der Waals surface area (Å²) in [5, 5.41) is 3.52. The number of nitrogens with one attached hydrogen (secondary N) is 1. The molecule has 162 valence electrons. The minimum Gasteiger partial charge on any atom is -0.354 e. The van der Waals surface area contributed by atoms with Gasteiger partial charge < -0.3 is 10.2 Å². The molecule has 0 aliphatic heterocycles. The van der Waals surface area contributed by atoms with E-state index in [9.17, 15) is 9.59 Å². The van der Waals surface area contributed by atoms with Crippen molar-refractivity contribution < 1.29 is 9.59 Å². The van der Waals surface area contributed by atoms with Gasteiger partial charge in [0.15, 0.2) is 0 Å². The molecule has 4 nitrogen and oxygen atoms in total. The van der Waals surface area contributed by atoms with Gasteiger partial charge in [0.1, 0.15) is 6.04 Å². The lowest BCUT2D eigenvalue weighted by atomic mass is 10.1. The number of benzene rings is 2. The number of hydrogen-bond acceptors (Lipinski definition) is 3. The van der Waals surface area contributed by atoms with Gasteiger partial charge in [-0.3, -0.25) is 9.59 Å². The molecule has 0 aliphatic rings. The van der Waals surface area contributed by atoms with Crippen LogP contribution in [-0.4, -0.2) is 35.1 Å². The highest BCUT2D eigenvalue weighted by Crippen LogP contribution is 2.21. The SMILES string of the molecule is CC(C)CNC(=O)[C@H](C)N(Cc1ccccc1Cl)C(=O)CSCc1ccc(Br)cc1. The fourth-order valence-corrected chi connectivity index (χ4v) is 4.10. The number of carbonyl (C=O) groups excluding carboxylic acids is 2. The third-order valence-corrected chi connectivity index (χ3v) is 6.44. The van der Waals surface area contributed by atoms with Crippen LogP contribution < -0.4 is 5.32 Å². The average molecular weight is 512 g/mol. The normalized spacial score (nSPS) is 11.9. The molecule has 0 unspecified atom stereocenters. The lowest BCUT2D eigenvalue weighted by molar-refractivity contribution is -0.138. The Hall–Kier alpha value is -1.50. The molecule has 0 spiro atoms. The summed E-state index contributed by atoms with van der Waals surface area (Å²) in [6.45, 7) is 6.72. The van der Waals surface area contributed by atoms with E-state index in [-0.39, 0.29) is 11.8 Å². The number of halogens is 2. The summed E-state index contributed by atoms with van der Waals surface area (Å²) < 4.78 is 1.03. The third kappa shape index (κ3) is 7.97. The van der Waals surface area contributed by atoms with Gasteiger partial charge in [0, 0.05) is 28.3 Å². The Morgan fingerprint density at radius 3 is 2.40 bits per heavy atom. The molecule has 2 aromatic rings. The van der Waals surface area contributed by atoms with E-state index in [1.807, 2.05) is 56.3 Å². The van der Waals surface area contributed by atoms with Crippen molar-refractivity contribution in [2.45, 2.75) is 39.1 Å². The molecule has 2 aromatic carbocycles. The van der Waals surface area contributed by atoms with E-state index >= 15 is 0 Å². The highest BCUT2D eigenvalue weighted by molar-refractivity contribution is 9.10. The van der Waals surface area contributed by atoms with Crippen LogP contribution in [0.1, 0.15) is 31.9 Å². The summed E-state index contributed by atoms with van der Waals surface area (Å²) in [4.78, 5) is 27.3. The van der Waals surface area contributed by atoms with Crippen molar-refractivity contribution in [1.29, 1.82) is 0 Å². The molecular formula is C23H28BrClN2O2S. The molecule has 0 heterocycles. The number of thioether (sulfide) groups is 1. The molecule has 30 heavy (non-hydrogen) atoms. The van der Waals surface area contributed by atoms with Gasteiger partial charge in [-0.25, -0.2) is 0 Å². The van der Waals surface area contributed by atoms with E-state index in [0.29, 0.717) is 29.8 Å². The van der Waals surface area contributed by atoms with Crippen LogP contribution in [0.15, 0.2) is 53.0 Å². The van der Waals surface area contributed by atoms with Crippen LogP contribution in [0.3, 0.4) is 0 Å². The molecule has 1 N–H and O–H groups in total. The second-order valence-corrected chi connectivity index (χ2v) is 9.86. The van der Waals surface area contributed by atoms with Crippen LogP contribution in [0.25, 0.3) is 0 Å². The van der Waals surface area contributed by atoms with Crippen LogP contribution in [-0.2, 0) is 21.9 Å². The smallest absolute Gasteiger partial charge is 0.242 e. The van der Waals surface area contributed by atoms with Gasteiger partial charge in [-0.15, -0.1) is 11.8 Å². The molecular weight excluding hydrogens is 484 g/mol. The predicted molar refractivity (Wildman–Crippen MR) is 130 cm³/mol. The minimum atomic E-state index is -0.583. The van der Waals surface area contributed by atoms with Crippen LogP contribution >= 0.6 is 39.3 Å². The van der Waals surface area contributed by atoms with Crippen molar-refractivity contribution in [2.24, 2.45) is 5.92 Å². The van der Waals surface area contributed by atoms with E-state index < -0.39 is 6.04 Å². The van der Waals surface area contributed by atoms with E-state index in [0.717, 1.165) is 21.4 Å². The number of carbonyl (C=O) groups is 2. The molecule has 7 heteroatoms. The lowest BCUT2D eigenvalue weighted by Gasteiger charge is -2.29. The van der Waals surface area contributed by atoms with E-state index in [4.69, 9.17) is 11.6 Å². The average Bonchev–Trinajstić information content (AvgIpc) is 2.72. The molecule has 0 saturated carbocycles. The van der Waals surface area contributed by atoms with E-state index in [2.05, 4.69) is 21.2 Å². The zero-order valence-electron chi connectivity index (χ0n) is 17.5. The zero-order chi connectivity index (χ0) is 22.1. The summed E-state index contributed by atoms with van der Waals surface area (Å²) >= 11 is 11.3. The molecule has 0 aliphatic carbocycles. The van der Waals surface area contributed by atoms with Crippen molar-refractivity contribution in [3.05, 3.63) is 69.2 Å². The van der Waals surface area contributed by atoms with Gasteiger partial charge in [0.2, 0.25) is 11.8 Å². The lowest BCUT2D eigenvalue weighted by Crippen LogP contribution is -2.48. The fourth-order valence-electron chi connectivity index (χ4n) is 2.76. The van der Waals surface area contributed by atoms with Crippen molar-refractivity contribution in [3.8, 4) is 0 Å². The standard InChI is InChI=1S/C23H28BrClN2O2S/c1-16(2)12-26-23(29)17(3)27(13-19-6-4-5-7-21(19)25)22(28)15-30-14-18-8-10-20(24)11-9-18/h4-11,16-17H,12-15H2,1-3H3,(H,26,29)/t17-/m0/s1. The number of nitrogens with zero attached hydrogens (tertiary/aromatic N) is 1. The first kappa shape index (κ1) is 24.8. The van der Waals surface area contributed by atoms with Crippen LogP contribution in [0, 0.1) is 5.92 Å². The summed E-state index contributed by atoms with van der Waals surface area (Å²) in [6.07, 6.45) is 0. The Morgan fingerprint density at radius 1 is 1.10 bits per heavy atom. The van der Waals surface area contributed by atoms with Crippen LogP contribution in [0.5, 0.6) is 0 Å². The van der Waals surface area contributed by atoms with Crippen molar-refractivity contribution in [3.63, 3.8) is 0 Å². The second kappa shape index (κ2) is 12.4. The molecule has 0 fully saturated rings. The minimum absolute atomic E-state index is 0.0794. The Labute approximate surface area is 196 Å². The summed E-state index contributed by atoms with van der Waals surface area (Å²) in [6, 6.07) is 14.9. The number of rotatable bonds is 10. The van der Waals surface area contributed by atoms with Crippen molar-refractivity contribution in [2.75, 3.05) is 12.3 Å². The monoisotopic (exact) mass is 510 g/mol. The largest absolute Gasteiger partial charge is 0.354 e. The zero-order valence-corrected chi connectivity index (χ0v) is 20.7. The van der Waals surface area contributed by atoms with Gasteiger partial charge in [-0.2, -0.15) is 0 Å². The Morgan fingerprint density at radius 2 is 1.77 bits per heavy atom. The molecule has 0 radical (unpaired) electrons. The van der Waals surface area contributed by atoms with Crippen molar-refractivity contribution >= 4 is 51.1 Å². The Balaban J connectivity index is 2.06. The first-order valence-corrected chi connectivity index (χ1v) is 12.2. The fraction of sp³-hybridized carbons (Fsp3) is 0.391. The van der Waals surface area contributed by atoms with Gasteiger partial charge in [0.05, 0.1) is 5.75 Å². The van der Waals surface area contributed by atoms with Crippen molar-refractivity contribution in [1.82, 2.24) is 10.2 Å². The Bertz CT molecular complexity index is 845. The molecule has 2 rings (SSSR count).